The van der Waals surface area contributed by atoms with Gasteiger partial charge in [0.1, 0.15) is 17.7 Å². The standard InChI is InChI=1S/C20H19F2N3O/c1-14-2-3-16(12-18(14)22)20(26)25-10-8-24(9-11-25)19(13-23)15-4-6-17(21)7-5-15/h2-7,12,19H,8-11H2,1H3/t19-/m1/s1. The van der Waals surface area contributed by atoms with Crippen LogP contribution in [0, 0.1) is 29.9 Å². The number of piperazine rings is 1. The lowest BCUT2D eigenvalue weighted by Crippen LogP contribution is -2.49. The molecular weight excluding hydrogens is 336 g/mol. The van der Waals surface area contributed by atoms with Gasteiger partial charge in [-0.25, -0.2) is 8.78 Å². The van der Waals surface area contributed by atoms with Crippen LogP contribution in [-0.4, -0.2) is 41.9 Å². The van der Waals surface area contributed by atoms with E-state index in [0.29, 0.717) is 37.3 Å². The van der Waals surface area contributed by atoms with Crippen LogP contribution in [0.1, 0.15) is 27.5 Å². The van der Waals surface area contributed by atoms with Crippen LogP contribution in [0.4, 0.5) is 8.78 Å². The average molecular weight is 355 g/mol. The van der Waals surface area contributed by atoms with Gasteiger partial charge >= 0.3 is 0 Å². The first-order valence-corrected chi connectivity index (χ1v) is 8.44. The Morgan fingerprint density at radius 1 is 1.08 bits per heavy atom. The molecule has 1 aliphatic heterocycles. The fourth-order valence-electron chi connectivity index (χ4n) is 3.10. The molecule has 1 heterocycles. The summed E-state index contributed by atoms with van der Waals surface area (Å²) < 4.78 is 26.8. The molecule has 1 amide bonds. The van der Waals surface area contributed by atoms with Gasteiger partial charge in [-0.15, -0.1) is 0 Å². The van der Waals surface area contributed by atoms with E-state index in [-0.39, 0.29) is 11.7 Å². The maximum atomic E-state index is 13.7. The number of nitrogens with zero attached hydrogens (tertiary/aromatic N) is 3. The molecule has 134 valence electrons. The highest BCUT2D eigenvalue weighted by Gasteiger charge is 2.27. The van der Waals surface area contributed by atoms with Crippen LogP contribution in [0.3, 0.4) is 0 Å². The summed E-state index contributed by atoms with van der Waals surface area (Å²) in [4.78, 5) is 16.2. The third-order valence-corrected chi connectivity index (χ3v) is 4.69. The van der Waals surface area contributed by atoms with Crippen molar-refractivity contribution in [1.82, 2.24) is 9.80 Å². The highest BCUT2D eigenvalue weighted by molar-refractivity contribution is 5.94. The first kappa shape index (κ1) is 18.0. The zero-order chi connectivity index (χ0) is 18.7. The summed E-state index contributed by atoms with van der Waals surface area (Å²) in [5.41, 5.74) is 1.56. The summed E-state index contributed by atoms with van der Waals surface area (Å²) in [6, 6.07) is 12.1. The molecule has 0 saturated carbocycles. The smallest absolute Gasteiger partial charge is 0.254 e. The van der Waals surface area contributed by atoms with Crippen molar-refractivity contribution in [3.63, 3.8) is 0 Å². The third-order valence-electron chi connectivity index (χ3n) is 4.69. The molecule has 0 unspecified atom stereocenters. The number of nitriles is 1. The molecule has 2 aromatic carbocycles. The second-order valence-electron chi connectivity index (χ2n) is 6.38. The van der Waals surface area contributed by atoms with E-state index in [0.717, 1.165) is 5.56 Å². The predicted molar refractivity (Wildman–Crippen MR) is 93.4 cm³/mol. The van der Waals surface area contributed by atoms with E-state index in [1.165, 1.54) is 18.2 Å². The van der Waals surface area contributed by atoms with Gasteiger partial charge in [0.25, 0.3) is 5.91 Å². The highest BCUT2D eigenvalue weighted by atomic mass is 19.1. The van der Waals surface area contributed by atoms with E-state index in [2.05, 4.69) is 6.07 Å². The van der Waals surface area contributed by atoms with Gasteiger partial charge in [-0.1, -0.05) is 18.2 Å². The molecule has 6 heteroatoms. The largest absolute Gasteiger partial charge is 0.336 e. The van der Waals surface area contributed by atoms with Crippen LogP contribution in [-0.2, 0) is 0 Å². The molecule has 0 spiro atoms. The third kappa shape index (κ3) is 3.73. The number of hydrogen-bond acceptors (Lipinski definition) is 3. The van der Waals surface area contributed by atoms with E-state index in [9.17, 15) is 18.8 Å². The van der Waals surface area contributed by atoms with Crippen LogP contribution < -0.4 is 0 Å². The molecule has 0 aromatic heterocycles. The van der Waals surface area contributed by atoms with Crippen molar-refractivity contribution in [3.8, 4) is 6.07 Å². The number of benzene rings is 2. The number of rotatable bonds is 3. The Morgan fingerprint density at radius 3 is 2.31 bits per heavy atom. The Morgan fingerprint density at radius 2 is 1.73 bits per heavy atom. The first-order chi connectivity index (χ1) is 12.5. The SMILES string of the molecule is Cc1ccc(C(=O)N2CCN([C@H](C#N)c3ccc(F)cc3)CC2)cc1F. The summed E-state index contributed by atoms with van der Waals surface area (Å²) in [5.74, 6) is -0.944. The molecule has 4 nitrogen and oxygen atoms in total. The number of aryl methyl sites for hydroxylation is 1. The first-order valence-electron chi connectivity index (χ1n) is 8.44. The van der Waals surface area contributed by atoms with Crippen LogP contribution in [0.2, 0.25) is 0 Å². The van der Waals surface area contributed by atoms with Gasteiger partial charge in [0.05, 0.1) is 6.07 Å². The van der Waals surface area contributed by atoms with Gasteiger partial charge in [0.2, 0.25) is 0 Å². The minimum atomic E-state index is -0.482. The fraction of sp³-hybridized carbons (Fsp3) is 0.300. The van der Waals surface area contributed by atoms with Crippen LogP contribution in [0.15, 0.2) is 42.5 Å². The Balaban J connectivity index is 1.66. The van der Waals surface area contributed by atoms with Gasteiger partial charge < -0.3 is 4.90 Å². The molecule has 0 aliphatic carbocycles. The molecule has 0 N–H and O–H groups in total. The molecule has 1 aliphatic rings. The van der Waals surface area contributed by atoms with E-state index in [4.69, 9.17) is 0 Å². The monoisotopic (exact) mass is 355 g/mol. The van der Waals surface area contributed by atoms with Gasteiger partial charge in [0.15, 0.2) is 0 Å². The van der Waals surface area contributed by atoms with E-state index in [1.54, 1.807) is 36.1 Å². The Labute approximate surface area is 151 Å². The fourth-order valence-corrected chi connectivity index (χ4v) is 3.10. The number of hydrogen-bond donors (Lipinski definition) is 0. The number of carbonyl (C=O) groups excluding carboxylic acids is 1. The Bertz CT molecular complexity index is 837. The van der Waals surface area contributed by atoms with Crippen molar-refractivity contribution in [2.24, 2.45) is 0 Å². The van der Waals surface area contributed by atoms with Crippen molar-refractivity contribution in [3.05, 3.63) is 70.8 Å². The van der Waals surface area contributed by atoms with Crippen molar-refractivity contribution in [2.75, 3.05) is 26.2 Å². The molecule has 3 rings (SSSR count). The molecule has 2 aromatic rings. The molecule has 0 radical (unpaired) electrons. The van der Waals surface area contributed by atoms with Crippen LogP contribution >= 0.6 is 0 Å². The topological polar surface area (TPSA) is 47.3 Å². The number of amides is 1. The molecule has 1 atom stereocenters. The quantitative estimate of drug-likeness (QED) is 0.849. The normalized spacial score (nSPS) is 16.2. The lowest BCUT2D eigenvalue weighted by atomic mass is 10.1. The van der Waals surface area contributed by atoms with Gasteiger partial charge in [-0.3, -0.25) is 9.69 Å². The van der Waals surface area contributed by atoms with Crippen molar-refractivity contribution >= 4 is 5.91 Å². The maximum absolute atomic E-state index is 13.7. The van der Waals surface area contributed by atoms with Gasteiger partial charge in [-0.2, -0.15) is 5.26 Å². The lowest BCUT2D eigenvalue weighted by molar-refractivity contribution is 0.0606. The van der Waals surface area contributed by atoms with Crippen molar-refractivity contribution < 1.29 is 13.6 Å². The highest BCUT2D eigenvalue weighted by Crippen LogP contribution is 2.22. The van der Waals surface area contributed by atoms with Crippen LogP contribution in [0.25, 0.3) is 0 Å². The predicted octanol–water partition coefficient (Wildman–Crippen LogP) is 3.30. The van der Waals surface area contributed by atoms with E-state index in [1.807, 2.05) is 4.90 Å². The number of halogens is 2. The zero-order valence-corrected chi connectivity index (χ0v) is 14.5. The van der Waals surface area contributed by atoms with Gasteiger partial charge in [-0.05, 0) is 42.3 Å². The van der Waals surface area contributed by atoms with E-state index < -0.39 is 11.9 Å². The van der Waals surface area contributed by atoms with Crippen molar-refractivity contribution in [1.29, 1.82) is 5.26 Å². The second kappa shape index (κ2) is 7.63. The summed E-state index contributed by atoms with van der Waals surface area (Å²) in [5, 5.41) is 9.50. The molecule has 0 bridgehead atoms. The molecular formula is C20H19F2N3O. The number of carbonyl (C=O) groups is 1. The molecule has 26 heavy (non-hydrogen) atoms. The maximum Gasteiger partial charge on any atom is 0.254 e. The molecule has 1 fully saturated rings. The summed E-state index contributed by atoms with van der Waals surface area (Å²) in [7, 11) is 0. The zero-order valence-electron chi connectivity index (χ0n) is 14.5. The Hall–Kier alpha value is -2.78. The minimum Gasteiger partial charge on any atom is -0.336 e. The summed E-state index contributed by atoms with van der Waals surface area (Å²) >= 11 is 0. The second-order valence-corrected chi connectivity index (χ2v) is 6.38. The van der Waals surface area contributed by atoms with Crippen LogP contribution in [0.5, 0.6) is 0 Å². The van der Waals surface area contributed by atoms with Gasteiger partial charge in [0, 0.05) is 31.7 Å². The average Bonchev–Trinajstić information content (AvgIpc) is 2.66. The van der Waals surface area contributed by atoms with E-state index >= 15 is 0 Å². The minimum absolute atomic E-state index is 0.209. The summed E-state index contributed by atoms with van der Waals surface area (Å²) in [6.45, 7) is 3.60. The Kier molecular flexibility index (Phi) is 5.29. The van der Waals surface area contributed by atoms with Crippen molar-refractivity contribution in [2.45, 2.75) is 13.0 Å². The lowest BCUT2D eigenvalue weighted by Gasteiger charge is -2.37. The summed E-state index contributed by atoms with van der Waals surface area (Å²) in [6.07, 6.45) is 0. The molecule has 1 saturated heterocycles.